The van der Waals surface area contributed by atoms with E-state index in [0.29, 0.717) is 29.7 Å². The molecule has 1 aromatic heterocycles. The normalized spacial score (nSPS) is 20.4. The molecule has 2 heterocycles. The van der Waals surface area contributed by atoms with Crippen molar-refractivity contribution in [3.05, 3.63) is 46.6 Å². The quantitative estimate of drug-likeness (QED) is 0.841. The average Bonchev–Trinajstić information content (AvgIpc) is 3.25. The molecule has 1 saturated carbocycles. The number of benzene rings is 1. The van der Waals surface area contributed by atoms with E-state index in [1.807, 2.05) is 29.2 Å². The van der Waals surface area contributed by atoms with Crippen LogP contribution in [0.2, 0.25) is 5.02 Å². The van der Waals surface area contributed by atoms with Crippen LogP contribution < -0.4 is 0 Å². The molecule has 2 aliphatic rings. The zero-order valence-electron chi connectivity index (χ0n) is 12.7. The highest BCUT2D eigenvalue weighted by molar-refractivity contribution is 6.30. The van der Waals surface area contributed by atoms with Gasteiger partial charge in [0, 0.05) is 30.3 Å². The Balaban J connectivity index is 1.34. The summed E-state index contributed by atoms with van der Waals surface area (Å²) >= 11 is 5.92. The molecule has 0 N–H and O–H groups in total. The number of aryl methyl sites for hydroxylation is 1. The minimum absolute atomic E-state index is 0.141. The first-order valence-electron chi connectivity index (χ1n) is 8.08. The third-order valence-electron chi connectivity index (χ3n) is 4.57. The Morgan fingerprint density at radius 3 is 2.70 bits per heavy atom. The predicted octanol–water partition coefficient (Wildman–Crippen LogP) is 3.51. The van der Waals surface area contributed by atoms with Crippen LogP contribution in [0.5, 0.6) is 0 Å². The van der Waals surface area contributed by atoms with E-state index in [4.69, 9.17) is 16.1 Å². The molecule has 1 atom stereocenters. The first-order chi connectivity index (χ1) is 11.2. The zero-order valence-corrected chi connectivity index (χ0v) is 13.5. The second-order valence-electron chi connectivity index (χ2n) is 6.26. The van der Waals surface area contributed by atoms with Crippen LogP contribution in [0.25, 0.3) is 0 Å². The molecule has 0 bridgehead atoms. The van der Waals surface area contributed by atoms with Crippen LogP contribution in [-0.4, -0.2) is 27.5 Å². The van der Waals surface area contributed by atoms with E-state index < -0.39 is 0 Å². The second-order valence-corrected chi connectivity index (χ2v) is 6.70. The van der Waals surface area contributed by atoms with Gasteiger partial charge in [0.05, 0.1) is 6.04 Å². The number of amides is 1. The first kappa shape index (κ1) is 14.7. The summed E-state index contributed by atoms with van der Waals surface area (Å²) in [6, 6.07) is 7.90. The maximum atomic E-state index is 12.4. The SMILES string of the molecule is O=C(CCc1nc(C2CC2)no1)N1CC[C@@H]1c1ccc(Cl)cc1. The molecule has 23 heavy (non-hydrogen) atoms. The summed E-state index contributed by atoms with van der Waals surface area (Å²) in [7, 11) is 0. The Hall–Kier alpha value is -1.88. The van der Waals surface area contributed by atoms with Crippen LogP contribution in [0.4, 0.5) is 0 Å². The highest BCUT2D eigenvalue weighted by atomic mass is 35.5. The standard InChI is InChI=1S/C17H18ClN3O2/c18-13-5-3-11(4-6-13)14-9-10-21(14)16(22)8-7-15-19-17(20-23-15)12-1-2-12/h3-6,12,14H,1-2,7-10H2/t14-/m1/s1. The molecular weight excluding hydrogens is 314 g/mol. The molecule has 6 heteroatoms. The second kappa shape index (κ2) is 5.96. The Kier molecular flexibility index (Phi) is 3.81. The summed E-state index contributed by atoms with van der Waals surface area (Å²) in [6.45, 7) is 0.809. The predicted molar refractivity (Wildman–Crippen MR) is 85.1 cm³/mol. The largest absolute Gasteiger partial charge is 0.339 e. The van der Waals surface area contributed by atoms with E-state index in [1.54, 1.807) is 0 Å². The fourth-order valence-electron chi connectivity index (χ4n) is 2.95. The van der Waals surface area contributed by atoms with Crippen molar-refractivity contribution in [1.82, 2.24) is 15.0 Å². The van der Waals surface area contributed by atoms with E-state index in [9.17, 15) is 4.79 Å². The van der Waals surface area contributed by atoms with Crippen LogP contribution >= 0.6 is 11.6 Å². The molecule has 1 aliphatic heterocycles. The van der Waals surface area contributed by atoms with Gasteiger partial charge in [0.25, 0.3) is 0 Å². The minimum atomic E-state index is 0.141. The molecule has 0 radical (unpaired) electrons. The van der Waals surface area contributed by atoms with E-state index in [1.165, 1.54) is 0 Å². The zero-order chi connectivity index (χ0) is 15.8. The number of rotatable bonds is 5. The maximum Gasteiger partial charge on any atom is 0.227 e. The van der Waals surface area contributed by atoms with Gasteiger partial charge in [-0.15, -0.1) is 0 Å². The van der Waals surface area contributed by atoms with E-state index in [2.05, 4.69) is 10.1 Å². The number of likely N-dealkylation sites (tertiary alicyclic amines) is 1. The maximum absolute atomic E-state index is 12.4. The first-order valence-corrected chi connectivity index (χ1v) is 8.46. The van der Waals surface area contributed by atoms with E-state index >= 15 is 0 Å². The fourth-order valence-corrected chi connectivity index (χ4v) is 3.08. The molecular formula is C17H18ClN3O2. The molecule has 1 saturated heterocycles. The summed E-state index contributed by atoms with van der Waals surface area (Å²) in [5.41, 5.74) is 1.14. The molecule has 0 spiro atoms. The van der Waals surface area contributed by atoms with Crippen LogP contribution in [0.15, 0.2) is 28.8 Å². The lowest BCUT2D eigenvalue weighted by atomic mass is 9.94. The lowest BCUT2D eigenvalue weighted by Gasteiger charge is -2.41. The molecule has 1 aliphatic carbocycles. The number of carbonyl (C=O) groups is 1. The monoisotopic (exact) mass is 331 g/mol. The Bertz CT molecular complexity index is 709. The molecule has 5 nitrogen and oxygen atoms in total. The molecule has 0 unspecified atom stereocenters. The van der Waals surface area contributed by atoms with Crippen LogP contribution in [-0.2, 0) is 11.2 Å². The number of halogens is 1. The Morgan fingerprint density at radius 1 is 1.26 bits per heavy atom. The highest BCUT2D eigenvalue weighted by Gasteiger charge is 2.33. The van der Waals surface area contributed by atoms with E-state index in [-0.39, 0.29) is 11.9 Å². The summed E-state index contributed by atoms with van der Waals surface area (Å²) in [5, 5.41) is 4.70. The molecule has 1 amide bonds. The van der Waals surface area contributed by atoms with Crippen molar-refractivity contribution in [3.63, 3.8) is 0 Å². The van der Waals surface area contributed by atoms with E-state index in [0.717, 1.165) is 37.2 Å². The molecule has 4 rings (SSSR count). The summed E-state index contributed by atoms with van der Waals surface area (Å²) in [4.78, 5) is 18.7. The number of carbonyl (C=O) groups excluding carboxylic acids is 1. The smallest absolute Gasteiger partial charge is 0.227 e. The van der Waals surface area contributed by atoms with Gasteiger partial charge in [0.2, 0.25) is 11.8 Å². The summed E-state index contributed by atoms with van der Waals surface area (Å²) in [5.74, 6) is 1.99. The van der Waals surface area contributed by atoms with Crippen LogP contribution in [0, 0.1) is 0 Å². The van der Waals surface area contributed by atoms with Gasteiger partial charge in [0.1, 0.15) is 0 Å². The third-order valence-corrected chi connectivity index (χ3v) is 4.83. The lowest BCUT2D eigenvalue weighted by Crippen LogP contribution is -2.45. The summed E-state index contributed by atoms with van der Waals surface area (Å²) < 4.78 is 5.23. The Morgan fingerprint density at radius 2 is 2.04 bits per heavy atom. The van der Waals surface area contributed by atoms with Gasteiger partial charge in [-0.3, -0.25) is 4.79 Å². The molecule has 2 fully saturated rings. The van der Waals surface area contributed by atoms with Crippen molar-refractivity contribution in [3.8, 4) is 0 Å². The number of nitrogens with zero attached hydrogens (tertiary/aromatic N) is 3. The third kappa shape index (κ3) is 3.11. The summed E-state index contributed by atoms with van der Waals surface area (Å²) in [6.07, 6.45) is 4.22. The fraction of sp³-hybridized carbons (Fsp3) is 0.471. The van der Waals surface area contributed by atoms with Crippen molar-refractivity contribution in [2.75, 3.05) is 6.54 Å². The van der Waals surface area contributed by atoms with Gasteiger partial charge in [-0.1, -0.05) is 28.9 Å². The number of hydrogen-bond acceptors (Lipinski definition) is 4. The highest BCUT2D eigenvalue weighted by Crippen LogP contribution is 2.38. The average molecular weight is 332 g/mol. The van der Waals surface area contributed by atoms with Crippen molar-refractivity contribution in [1.29, 1.82) is 0 Å². The minimum Gasteiger partial charge on any atom is -0.339 e. The van der Waals surface area contributed by atoms with Crippen molar-refractivity contribution in [2.24, 2.45) is 0 Å². The van der Waals surface area contributed by atoms with Crippen LogP contribution in [0.3, 0.4) is 0 Å². The number of hydrogen-bond donors (Lipinski definition) is 0. The van der Waals surface area contributed by atoms with Crippen molar-refractivity contribution >= 4 is 17.5 Å². The molecule has 1 aromatic carbocycles. The van der Waals surface area contributed by atoms with Gasteiger partial charge in [-0.05, 0) is 37.0 Å². The molecule has 2 aromatic rings. The van der Waals surface area contributed by atoms with Crippen LogP contribution in [0.1, 0.15) is 54.9 Å². The Labute approximate surface area is 139 Å². The van der Waals surface area contributed by atoms with Crippen molar-refractivity contribution < 1.29 is 9.32 Å². The van der Waals surface area contributed by atoms with Crippen molar-refractivity contribution in [2.45, 2.75) is 44.1 Å². The van der Waals surface area contributed by atoms with Gasteiger partial charge in [-0.2, -0.15) is 4.98 Å². The van der Waals surface area contributed by atoms with Gasteiger partial charge >= 0.3 is 0 Å². The van der Waals surface area contributed by atoms with Gasteiger partial charge in [0.15, 0.2) is 5.82 Å². The van der Waals surface area contributed by atoms with Gasteiger partial charge < -0.3 is 9.42 Å². The van der Waals surface area contributed by atoms with Gasteiger partial charge in [-0.25, -0.2) is 0 Å². The number of aromatic nitrogens is 2. The molecule has 120 valence electrons. The lowest BCUT2D eigenvalue weighted by molar-refractivity contribution is -0.139. The topological polar surface area (TPSA) is 59.2 Å².